The van der Waals surface area contributed by atoms with Gasteiger partial charge in [-0.1, -0.05) is 11.2 Å². The maximum Gasteiger partial charge on any atom is 0.171 e. The lowest BCUT2D eigenvalue weighted by Crippen LogP contribution is -2.18. The number of oxime groups is 1. The highest BCUT2D eigenvalue weighted by atomic mass is 19.1. The van der Waals surface area contributed by atoms with Crippen LogP contribution in [-0.2, 0) is 0 Å². The number of pyridine rings is 1. The summed E-state index contributed by atoms with van der Waals surface area (Å²) in [6.45, 7) is 2.59. The Bertz CT molecular complexity index is 613. The molecule has 0 aliphatic carbocycles. The van der Waals surface area contributed by atoms with Crippen molar-refractivity contribution >= 4 is 17.3 Å². The van der Waals surface area contributed by atoms with Crippen LogP contribution in [0.25, 0.3) is 0 Å². The number of rotatable bonds is 4. The SMILES string of the molecule is CCN(c1cccc(F)c1)c1ccc(C(N)=NO)cn1. The summed E-state index contributed by atoms with van der Waals surface area (Å²) in [6.07, 6.45) is 1.51. The molecule has 20 heavy (non-hydrogen) atoms. The van der Waals surface area contributed by atoms with Gasteiger partial charge in [-0.3, -0.25) is 0 Å². The van der Waals surface area contributed by atoms with E-state index < -0.39 is 0 Å². The van der Waals surface area contributed by atoms with E-state index in [0.29, 0.717) is 17.9 Å². The Labute approximate surface area is 116 Å². The smallest absolute Gasteiger partial charge is 0.171 e. The molecule has 0 bridgehead atoms. The van der Waals surface area contributed by atoms with Gasteiger partial charge in [0.2, 0.25) is 0 Å². The Hall–Kier alpha value is -2.63. The van der Waals surface area contributed by atoms with E-state index in [4.69, 9.17) is 10.9 Å². The summed E-state index contributed by atoms with van der Waals surface area (Å²) in [5.41, 5.74) is 6.72. The Morgan fingerprint density at radius 3 is 2.75 bits per heavy atom. The van der Waals surface area contributed by atoms with Crippen LogP contribution in [0, 0.1) is 5.82 Å². The topological polar surface area (TPSA) is 74.7 Å². The van der Waals surface area contributed by atoms with Crippen LogP contribution in [0.1, 0.15) is 12.5 Å². The summed E-state index contributed by atoms with van der Waals surface area (Å²) in [4.78, 5) is 6.12. The van der Waals surface area contributed by atoms with Crippen LogP contribution in [-0.4, -0.2) is 22.6 Å². The number of nitrogens with zero attached hydrogens (tertiary/aromatic N) is 3. The Morgan fingerprint density at radius 2 is 2.20 bits per heavy atom. The molecule has 0 fully saturated rings. The lowest BCUT2D eigenvalue weighted by atomic mass is 10.2. The molecule has 1 aromatic carbocycles. The molecule has 1 heterocycles. The number of nitrogens with two attached hydrogens (primary N) is 1. The second-order valence-electron chi connectivity index (χ2n) is 4.11. The molecule has 0 atom stereocenters. The van der Waals surface area contributed by atoms with Crippen molar-refractivity contribution in [1.29, 1.82) is 0 Å². The van der Waals surface area contributed by atoms with Gasteiger partial charge in [0.15, 0.2) is 5.84 Å². The zero-order valence-electron chi connectivity index (χ0n) is 11.0. The normalized spacial score (nSPS) is 11.4. The van der Waals surface area contributed by atoms with E-state index >= 15 is 0 Å². The summed E-state index contributed by atoms with van der Waals surface area (Å²) < 4.78 is 13.3. The highest BCUT2D eigenvalue weighted by Gasteiger charge is 2.10. The molecule has 6 heteroatoms. The zero-order chi connectivity index (χ0) is 14.5. The maximum absolute atomic E-state index is 13.3. The van der Waals surface area contributed by atoms with Crippen LogP contribution in [0.4, 0.5) is 15.9 Å². The predicted octanol–water partition coefficient (Wildman–Crippen LogP) is 2.47. The second-order valence-corrected chi connectivity index (χ2v) is 4.11. The van der Waals surface area contributed by atoms with Gasteiger partial charge in [-0.2, -0.15) is 0 Å². The molecule has 1 aromatic heterocycles. The van der Waals surface area contributed by atoms with Gasteiger partial charge in [-0.25, -0.2) is 9.37 Å². The summed E-state index contributed by atoms with van der Waals surface area (Å²) in [5, 5.41) is 11.5. The predicted molar refractivity (Wildman–Crippen MR) is 75.8 cm³/mol. The first-order valence-electron chi connectivity index (χ1n) is 6.12. The molecule has 3 N–H and O–H groups in total. The average molecular weight is 274 g/mol. The van der Waals surface area contributed by atoms with Gasteiger partial charge >= 0.3 is 0 Å². The first-order chi connectivity index (χ1) is 9.65. The highest BCUT2D eigenvalue weighted by molar-refractivity contribution is 5.96. The van der Waals surface area contributed by atoms with Gasteiger partial charge in [0.05, 0.1) is 0 Å². The van der Waals surface area contributed by atoms with Crippen molar-refractivity contribution in [3.8, 4) is 0 Å². The fourth-order valence-electron chi connectivity index (χ4n) is 1.88. The zero-order valence-corrected chi connectivity index (χ0v) is 11.0. The minimum absolute atomic E-state index is 0.00199. The van der Waals surface area contributed by atoms with Gasteiger partial charge < -0.3 is 15.8 Å². The van der Waals surface area contributed by atoms with Crippen molar-refractivity contribution in [1.82, 2.24) is 4.98 Å². The third-order valence-corrected chi connectivity index (χ3v) is 2.86. The molecule has 0 amide bonds. The standard InChI is InChI=1S/C14H15FN4O/c1-2-19(12-5-3-4-11(15)8-12)13-7-6-10(9-17-13)14(16)18-20/h3-9,20H,2H2,1H3,(H2,16,18). The summed E-state index contributed by atoms with van der Waals surface area (Å²) >= 11 is 0. The van der Waals surface area contributed by atoms with E-state index in [9.17, 15) is 4.39 Å². The van der Waals surface area contributed by atoms with E-state index in [1.807, 2.05) is 17.9 Å². The van der Waals surface area contributed by atoms with Gasteiger partial charge in [0, 0.05) is 24.0 Å². The highest BCUT2D eigenvalue weighted by Crippen LogP contribution is 2.23. The number of benzene rings is 1. The van der Waals surface area contributed by atoms with Gasteiger partial charge in [0.25, 0.3) is 0 Å². The molecule has 5 nitrogen and oxygen atoms in total. The maximum atomic E-state index is 13.3. The second kappa shape index (κ2) is 6.01. The Kier molecular flexibility index (Phi) is 4.14. The van der Waals surface area contributed by atoms with Crippen molar-refractivity contribution in [2.75, 3.05) is 11.4 Å². The number of halogens is 1. The number of hydrogen-bond acceptors (Lipinski definition) is 4. The van der Waals surface area contributed by atoms with Crippen LogP contribution in [0.15, 0.2) is 47.8 Å². The van der Waals surface area contributed by atoms with Crippen molar-refractivity contribution in [2.24, 2.45) is 10.9 Å². The minimum atomic E-state index is -0.297. The van der Waals surface area contributed by atoms with Gasteiger partial charge in [0.1, 0.15) is 11.6 Å². The monoisotopic (exact) mass is 274 g/mol. The van der Waals surface area contributed by atoms with Crippen molar-refractivity contribution < 1.29 is 9.60 Å². The van der Waals surface area contributed by atoms with Crippen LogP contribution in [0.2, 0.25) is 0 Å². The molecule has 104 valence electrons. The van der Waals surface area contributed by atoms with E-state index in [-0.39, 0.29) is 11.7 Å². The number of anilines is 2. The number of amidine groups is 1. The average Bonchev–Trinajstić information content (AvgIpc) is 2.48. The molecule has 0 aliphatic heterocycles. The molecule has 0 aliphatic rings. The third-order valence-electron chi connectivity index (χ3n) is 2.86. The third kappa shape index (κ3) is 2.85. The molecule has 0 saturated carbocycles. The van der Waals surface area contributed by atoms with Gasteiger partial charge in [-0.15, -0.1) is 0 Å². The van der Waals surface area contributed by atoms with E-state index in [1.54, 1.807) is 18.2 Å². The fourth-order valence-corrected chi connectivity index (χ4v) is 1.88. The van der Waals surface area contributed by atoms with Crippen LogP contribution in [0.5, 0.6) is 0 Å². The number of hydrogen-bond donors (Lipinski definition) is 2. The van der Waals surface area contributed by atoms with Crippen LogP contribution >= 0.6 is 0 Å². The summed E-state index contributed by atoms with van der Waals surface area (Å²) in [5.74, 6) is 0.361. The largest absolute Gasteiger partial charge is 0.409 e. The molecule has 0 radical (unpaired) electrons. The first-order valence-corrected chi connectivity index (χ1v) is 6.12. The molecule has 2 aromatic rings. The first kappa shape index (κ1) is 13.8. The van der Waals surface area contributed by atoms with Crippen molar-refractivity contribution in [3.05, 3.63) is 54.0 Å². The Morgan fingerprint density at radius 1 is 1.40 bits per heavy atom. The molecule has 0 saturated heterocycles. The van der Waals surface area contributed by atoms with Crippen LogP contribution in [0.3, 0.4) is 0 Å². The minimum Gasteiger partial charge on any atom is -0.409 e. The molecule has 0 spiro atoms. The van der Waals surface area contributed by atoms with Crippen molar-refractivity contribution in [2.45, 2.75) is 6.92 Å². The molecule has 2 rings (SSSR count). The molecule has 0 unspecified atom stereocenters. The summed E-state index contributed by atoms with van der Waals surface area (Å²) in [6, 6.07) is 9.74. The van der Waals surface area contributed by atoms with E-state index in [2.05, 4.69) is 10.1 Å². The fraction of sp³-hybridized carbons (Fsp3) is 0.143. The Balaban J connectivity index is 2.33. The lowest BCUT2D eigenvalue weighted by Gasteiger charge is -2.22. The van der Waals surface area contributed by atoms with Crippen LogP contribution < -0.4 is 10.6 Å². The van der Waals surface area contributed by atoms with E-state index in [0.717, 1.165) is 5.69 Å². The molecular weight excluding hydrogens is 259 g/mol. The summed E-state index contributed by atoms with van der Waals surface area (Å²) in [7, 11) is 0. The van der Waals surface area contributed by atoms with Gasteiger partial charge in [-0.05, 0) is 37.3 Å². The lowest BCUT2D eigenvalue weighted by molar-refractivity contribution is 0.318. The van der Waals surface area contributed by atoms with Crippen molar-refractivity contribution in [3.63, 3.8) is 0 Å². The molecular formula is C14H15FN4O. The van der Waals surface area contributed by atoms with E-state index in [1.165, 1.54) is 18.3 Å². The number of aromatic nitrogens is 1. The quantitative estimate of drug-likeness (QED) is 0.389.